The van der Waals surface area contributed by atoms with Crippen LogP contribution in [0.1, 0.15) is 45.6 Å². The second-order valence-electron chi connectivity index (χ2n) is 5.11. The number of rotatable bonds is 7. The molecule has 0 unspecified atom stereocenters. The lowest BCUT2D eigenvalue weighted by Gasteiger charge is -2.20. The lowest BCUT2D eigenvalue weighted by Crippen LogP contribution is -2.25. The molecule has 0 saturated heterocycles. The number of nitrogens with zero attached hydrogens (tertiary/aromatic N) is 2. The van der Waals surface area contributed by atoms with Crippen LogP contribution in [0.25, 0.3) is 11.0 Å². The zero-order chi connectivity index (χ0) is 13.7. The average molecular weight is 259 g/mol. The minimum absolute atomic E-state index is 1.03. The van der Waals surface area contributed by atoms with Crippen LogP contribution in [0.2, 0.25) is 0 Å². The number of anilines is 1. The van der Waals surface area contributed by atoms with Crippen molar-refractivity contribution in [1.82, 2.24) is 9.97 Å². The quantitative estimate of drug-likeness (QED) is 0.810. The van der Waals surface area contributed by atoms with E-state index in [0.717, 1.165) is 55.8 Å². The van der Waals surface area contributed by atoms with Crippen LogP contribution in [0.3, 0.4) is 0 Å². The first kappa shape index (κ1) is 13.9. The number of hydrogen-bond donors (Lipinski definition) is 1. The van der Waals surface area contributed by atoms with Gasteiger partial charge in [0.2, 0.25) is 5.95 Å². The maximum absolute atomic E-state index is 4.84. The monoisotopic (exact) mass is 259 g/mol. The Labute approximate surface area is 116 Å². The molecule has 0 atom stereocenters. The third-order valence-electron chi connectivity index (χ3n) is 3.39. The first-order valence-electron chi connectivity index (χ1n) is 7.52. The third-order valence-corrected chi connectivity index (χ3v) is 3.39. The summed E-state index contributed by atoms with van der Waals surface area (Å²) in [5.41, 5.74) is 3.67. The van der Waals surface area contributed by atoms with Crippen LogP contribution in [0.5, 0.6) is 0 Å². The van der Waals surface area contributed by atoms with Gasteiger partial charge in [0.1, 0.15) is 0 Å². The van der Waals surface area contributed by atoms with Gasteiger partial charge in [0.25, 0.3) is 0 Å². The van der Waals surface area contributed by atoms with Gasteiger partial charge < -0.3 is 9.88 Å². The first-order chi connectivity index (χ1) is 9.30. The Bertz CT molecular complexity index is 510. The molecule has 0 spiro atoms. The standard InChI is InChI=1S/C16H25N3/c1-4-8-13-9-7-10-14-15(13)18-16(17-14)19(11-5-2)12-6-3/h7,9-10H,4-6,8,11-12H2,1-3H3,(H,17,18). The van der Waals surface area contributed by atoms with E-state index in [2.05, 4.69) is 48.9 Å². The largest absolute Gasteiger partial charge is 0.342 e. The van der Waals surface area contributed by atoms with E-state index in [1.54, 1.807) is 0 Å². The van der Waals surface area contributed by atoms with Crippen molar-refractivity contribution in [2.24, 2.45) is 0 Å². The molecule has 3 nitrogen and oxygen atoms in total. The van der Waals surface area contributed by atoms with Crippen molar-refractivity contribution in [1.29, 1.82) is 0 Å². The smallest absolute Gasteiger partial charge is 0.203 e. The van der Waals surface area contributed by atoms with Crippen LogP contribution in [0, 0.1) is 0 Å². The van der Waals surface area contributed by atoms with Crippen molar-refractivity contribution in [2.75, 3.05) is 18.0 Å². The Hall–Kier alpha value is -1.51. The molecular formula is C16H25N3. The fourth-order valence-corrected chi connectivity index (χ4v) is 2.56. The minimum atomic E-state index is 1.03. The molecule has 3 heteroatoms. The fraction of sp³-hybridized carbons (Fsp3) is 0.562. The van der Waals surface area contributed by atoms with Crippen molar-refractivity contribution in [3.63, 3.8) is 0 Å². The van der Waals surface area contributed by atoms with E-state index in [1.165, 1.54) is 5.56 Å². The maximum Gasteiger partial charge on any atom is 0.203 e. The van der Waals surface area contributed by atoms with Crippen LogP contribution < -0.4 is 4.90 Å². The number of imidazole rings is 1. The summed E-state index contributed by atoms with van der Waals surface area (Å²) >= 11 is 0. The van der Waals surface area contributed by atoms with Gasteiger partial charge in [-0.15, -0.1) is 0 Å². The molecule has 0 aliphatic rings. The highest BCUT2D eigenvalue weighted by molar-refractivity contribution is 5.81. The zero-order valence-electron chi connectivity index (χ0n) is 12.4. The van der Waals surface area contributed by atoms with Crippen LogP contribution in [-0.2, 0) is 6.42 Å². The Morgan fingerprint density at radius 1 is 1.05 bits per heavy atom. The van der Waals surface area contributed by atoms with Crippen molar-refractivity contribution in [3.05, 3.63) is 23.8 Å². The molecule has 0 aliphatic heterocycles. The molecular weight excluding hydrogens is 234 g/mol. The molecule has 0 bridgehead atoms. The predicted octanol–water partition coefficient (Wildman–Crippen LogP) is 4.14. The van der Waals surface area contributed by atoms with E-state index in [9.17, 15) is 0 Å². The van der Waals surface area contributed by atoms with Gasteiger partial charge in [0.05, 0.1) is 11.0 Å². The van der Waals surface area contributed by atoms with Crippen molar-refractivity contribution >= 4 is 17.0 Å². The van der Waals surface area contributed by atoms with Gasteiger partial charge in [-0.05, 0) is 30.9 Å². The molecule has 0 aliphatic carbocycles. The van der Waals surface area contributed by atoms with Crippen LogP contribution in [0.4, 0.5) is 5.95 Å². The molecule has 19 heavy (non-hydrogen) atoms. The summed E-state index contributed by atoms with van der Waals surface area (Å²) in [7, 11) is 0. The molecule has 1 aromatic carbocycles. The SMILES string of the molecule is CCCc1cccc2[nH]c(N(CCC)CCC)nc12. The minimum Gasteiger partial charge on any atom is -0.342 e. The average Bonchev–Trinajstić information content (AvgIpc) is 2.84. The number of para-hydroxylation sites is 1. The van der Waals surface area contributed by atoms with Gasteiger partial charge in [0, 0.05) is 13.1 Å². The molecule has 0 saturated carbocycles. The molecule has 1 N–H and O–H groups in total. The lowest BCUT2D eigenvalue weighted by molar-refractivity contribution is 0.727. The van der Waals surface area contributed by atoms with E-state index >= 15 is 0 Å². The highest BCUT2D eigenvalue weighted by Crippen LogP contribution is 2.22. The van der Waals surface area contributed by atoms with Crippen molar-refractivity contribution < 1.29 is 0 Å². The molecule has 2 aromatic rings. The van der Waals surface area contributed by atoms with Crippen LogP contribution in [-0.4, -0.2) is 23.1 Å². The van der Waals surface area contributed by atoms with Crippen molar-refractivity contribution in [3.8, 4) is 0 Å². The van der Waals surface area contributed by atoms with Gasteiger partial charge in [-0.2, -0.15) is 0 Å². The lowest BCUT2D eigenvalue weighted by atomic mass is 10.1. The number of fused-ring (bicyclic) bond motifs is 1. The van der Waals surface area contributed by atoms with Gasteiger partial charge in [-0.25, -0.2) is 4.98 Å². The normalized spacial score (nSPS) is 11.1. The Balaban J connectivity index is 2.36. The van der Waals surface area contributed by atoms with Gasteiger partial charge in [-0.1, -0.05) is 39.3 Å². The maximum atomic E-state index is 4.84. The number of hydrogen-bond acceptors (Lipinski definition) is 2. The summed E-state index contributed by atoms with van der Waals surface area (Å²) in [6, 6.07) is 6.45. The summed E-state index contributed by atoms with van der Waals surface area (Å²) in [4.78, 5) is 10.7. The van der Waals surface area contributed by atoms with E-state index in [0.29, 0.717) is 0 Å². The summed E-state index contributed by atoms with van der Waals surface area (Å²) < 4.78 is 0. The Morgan fingerprint density at radius 3 is 2.42 bits per heavy atom. The molecule has 0 radical (unpaired) electrons. The van der Waals surface area contributed by atoms with Crippen LogP contribution in [0.15, 0.2) is 18.2 Å². The zero-order valence-corrected chi connectivity index (χ0v) is 12.4. The van der Waals surface area contributed by atoms with E-state index in [1.807, 2.05) is 0 Å². The summed E-state index contributed by atoms with van der Waals surface area (Å²) in [5, 5.41) is 0. The number of aromatic nitrogens is 2. The van der Waals surface area contributed by atoms with Gasteiger partial charge >= 0.3 is 0 Å². The molecule has 0 amide bonds. The number of aryl methyl sites for hydroxylation is 1. The highest BCUT2D eigenvalue weighted by atomic mass is 15.3. The van der Waals surface area contributed by atoms with Gasteiger partial charge in [0.15, 0.2) is 0 Å². The number of nitrogens with one attached hydrogen (secondary N) is 1. The third kappa shape index (κ3) is 3.09. The first-order valence-corrected chi connectivity index (χ1v) is 7.52. The molecule has 1 aromatic heterocycles. The molecule has 1 heterocycles. The van der Waals surface area contributed by atoms with E-state index in [4.69, 9.17) is 4.98 Å². The Morgan fingerprint density at radius 2 is 1.79 bits per heavy atom. The highest BCUT2D eigenvalue weighted by Gasteiger charge is 2.11. The van der Waals surface area contributed by atoms with E-state index < -0.39 is 0 Å². The number of H-pyrrole nitrogens is 1. The topological polar surface area (TPSA) is 31.9 Å². The molecule has 2 rings (SSSR count). The summed E-state index contributed by atoms with van der Waals surface area (Å²) in [5.74, 6) is 1.03. The molecule has 0 fully saturated rings. The van der Waals surface area contributed by atoms with Crippen LogP contribution >= 0.6 is 0 Å². The second-order valence-corrected chi connectivity index (χ2v) is 5.11. The summed E-state index contributed by atoms with van der Waals surface area (Å²) in [6.07, 6.45) is 4.57. The second kappa shape index (κ2) is 6.60. The van der Waals surface area contributed by atoms with E-state index in [-0.39, 0.29) is 0 Å². The molecule has 104 valence electrons. The number of aromatic amines is 1. The predicted molar refractivity (Wildman–Crippen MR) is 82.9 cm³/mol. The number of benzene rings is 1. The fourth-order valence-electron chi connectivity index (χ4n) is 2.56. The van der Waals surface area contributed by atoms with Gasteiger partial charge in [-0.3, -0.25) is 0 Å². The summed E-state index contributed by atoms with van der Waals surface area (Å²) in [6.45, 7) is 8.78. The van der Waals surface area contributed by atoms with Crippen molar-refractivity contribution in [2.45, 2.75) is 46.5 Å². The Kier molecular flexibility index (Phi) is 4.83.